The lowest BCUT2D eigenvalue weighted by atomic mass is 10.1. The van der Waals surface area contributed by atoms with Crippen molar-refractivity contribution in [2.24, 2.45) is 0 Å². The third kappa shape index (κ3) is 1.64. The monoisotopic (exact) mass is 213 g/mol. The molecule has 0 aliphatic heterocycles. The number of hydrogen-bond acceptors (Lipinski definition) is 3. The predicted octanol–water partition coefficient (Wildman–Crippen LogP) is 1.97. The zero-order valence-corrected chi connectivity index (χ0v) is 8.18. The number of aromatic amines is 1. The molecule has 16 heavy (non-hydrogen) atoms. The van der Waals surface area contributed by atoms with E-state index in [4.69, 9.17) is 6.42 Å². The molecule has 0 radical (unpaired) electrons. The highest BCUT2D eigenvalue weighted by atomic mass is 16.6. The third-order valence-corrected chi connectivity index (χ3v) is 2.13. The second kappa shape index (κ2) is 3.87. The van der Waals surface area contributed by atoms with Gasteiger partial charge in [-0.15, -0.1) is 6.42 Å². The number of non-ortho nitro benzene ring substituents is 1. The normalized spacial score (nSPS) is 9.69. The summed E-state index contributed by atoms with van der Waals surface area (Å²) >= 11 is 0. The Kier molecular flexibility index (Phi) is 2.40. The molecule has 1 aromatic heterocycles. The van der Waals surface area contributed by atoms with Crippen molar-refractivity contribution in [1.82, 2.24) is 10.2 Å². The molecule has 0 bridgehead atoms. The van der Waals surface area contributed by atoms with Crippen molar-refractivity contribution in [2.75, 3.05) is 0 Å². The molecule has 1 aromatic carbocycles. The smallest absolute Gasteiger partial charge is 0.270 e. The van der Waals surface area contributed by atoms with Gasteiger partial charge in [0.25, 0.3) is 5.69 Å². The van der Waals surface area contributed by atoms with Crippen LogP contribution >= 0.6 is 0 Å². The number of hydrogen-bond donors (Lipinski definition) is 1. The number of nitro benzene ring substituents is 1. The summed E-state index contributed by atoms with van der Waals surface area (Å²) in [6.45, 7) is 0. The number of nitrogens with zero attached hydrogens (tertiary/aromatic N) is 2. The maximum atomic E-state index is 10.6. The Bertz CT molecular complexity index is 581. The molecule has 0 saturated carbocycles. The van der Waals surface area contributed by atoms with Crippen molar-refractivity contribution in [3.05, 3.63) is 46.1 Å². The van der Waals surface area contributed by atoms with E-state index in [1.807, 2.05) is 0 Å². The number of nitro groups is 1. The fourth-order valence-electron chi connectivity index (χ4n) is 1.39. The van der Waals surface area contributed by atoms with Gasteiger partial charge < -0.3 is 0 Å². The van der Waals surface area contributed by atoms with Gasteiger partial charge in [-0.3, -0.25) is 15.2 Å². The molecule has 0 unspecified atom stereocenters. The van der Waals surface area contributed by atoms with Gasteiger partial charge in [0.1, 0.15) is 5.69 Å². The van der Waals surface area contributed by atoms with E-state index >= 15 is 0 Å². The number of H-pyrrole nitrogens is 1. The van der Waals surface area contributed by atoms with E-state index in [-0.39, 0.29) is 5.69 Å². The quantitative estimate of drug-likeness (QED) is 0.471. The highest BCUT2D eigenvalue weighted by molar-refractivity contribution is 5.68. The van der Waals surface area contributed by atoms with E-state index in [0.29, 0.717) is 16.8 Å². The summed E-state index contributed by atoms with van der Waals surface area (Å²) in [5.74, 6) is 2.46. The first-order valence-corrected chi connectivity index (χ1v) is 4.47. The van der Waals surface area contributed by atoms with Crippen molar-refractivity contribution < 1.29 is 4.92 Å². The summed E-state index contributed by atoms with van der Waals surface area (Å²) in [5.41, 5.74) is 1.78. The van der Waals surface area contributed by atoms with Gasteiger partial charge in [0.15, 0.2) is 0 Å². The van der Waals surface area contributed by atoms with Crippen LogP contribution in [0.5, 0.6) is 0 Å². The van der Waals surface area contributed by atoms with Gasteiger partial charge in [-0.25, -0.2) is 0 Å². The van der Waals surface area contributed by atoms with Crippen LogP contribution in [0, 0.1) is 22.5 Å². The largest absolute Gasteiger partial charge is 0.284 e. The van der Waals surface area contributed by atoms with E-state index in [9.17, 15) is 10.1 Å². The van der Waals surface area contributed by atoms with Crippen LogP contribution in [0.3, 0.4) is 0 Å². The van der Waals surface area contributed by atoms with Gasteiger partial charge >= 0.3 is 0 Å². The molecule has 1 heterocycles. The molecule has 5 heteroatoms. The van der Waals surface area contributed by atoms with Crippen molar-refractivity contribution >= 4 is 5.69 Å². The van der Waals surface area contributed by atoms with E-state index in [1.54, 1.807) is 18.3 Å². The summed E-state index contributed by atoms with van der Waals surface area (Å²) in [6.07, 6.45) is 6.86. The zero-order chi connectivity index (χ0) is 11.5. The average Bonchev–Trinajstić information content (AvgIpc) is 2.77. The van der Waals surface area contributed by atoms with E-state index in [2.05, 4.69) is 16.1 Å². The van der Waals surface area contributed by atoms with Crippen LogP contribution in [0.15, 0.2) is 30.5 Å². The first kappa shape index (κ1) is 9.93. The summed E-state index contributed by atoms with van der Waals surface area (Å²) in [4.78, 5) is 10.2. The Hall–Kier alpha value is -2.61. The van der Waals surface area contributed by atoms with E-state index in [0.717, 1.165) is 0 Å². The highest BCUT2D eigenvalue weighted by Crippen LogP contribution is 2.24. The van der Waals surface area contributed by atoms with Gasteiger partial charge in [-0.05, 0) is 0 Å². The van der Waals surface area contributed by atoms with Gasteiger partial charge in [-0.2, -0.15) is 5.10 Å². The Balaban J connectivity index is 2.53. The minimum Gasteiger partial charge on any atom is -0.284 e. The lowest BCUT2D eigenvalue weighted by Gasteiger charge is -1.97. The average molecular weight is 213 g/mol. The molecule has 0 atom stereocenters. The van der Waals surface area contributed by atoms with Crippen molar-refractivity contribution in [2.45, 2.75) is 0 Å². The van der Waals surface area contributed by atoms with E-state index < -0.39 is 4.92 Å². The van der Waals surface area contributed by atoms with Crippen LogP contribution in [0.2, 0.25) is 0 Å². The number of aromatic nitrogens is 2. The van der Waals surface area contributed by atoms with E-state index in [1.165, 1.54) is 12.1 Å². The second-order valence-corrected chi connectivity index (χ2v) is 3.10. The number of rotatable bonds is 2. The fourth-order valence-corrected chi connectivity index (χ4v) is 1.39. The third-order valence-electron chi connectivity index (χ3n) is 2.13. The molecule has 0 aliphatic rings. The lowest BCUT2D eigenvalue weighted by molar-refractivity contribution is -0.384. The van der Waals surface area contributed by atoms with Gasteiger partial charge in [0.2, 0.25) is 0 Å². The number of terminal acetylenes is 1. The minimum absolute atomic E-state index is 0.0171. The predicted molar refractivity (Wildman–Crippen MR) is 58.6 cm³/mol. The van der Waals surface area contributed by atoms with Crippen LogP contribution in [0.4, 0.5) is 5.69 Å². The molecule has 0 aliphatic carbocycles. The first-order valence-electron chi connectivity index (χ1n) is 4.47. The maximum Gasteiger partial charge on any atom is 0.270 e. The minimum atomic E-state index is -0.453. The summed E-state index contributed by atoms with van der Waals surface area (Å²) < 4.78 is 0. The van der Waals surface area contributed by atoms with Gasteiger partial charge in [-0.1, -0.05) is 18.1 Å². The van der Waals surface area contributed by atoms with Crippen LogP contribution in [0.25, 0.3) is 11.3 Å². The molecule has 5 nitrogen and oxygen atoms in total. The van der Waals surface area contributed by atoms with Crippen LogP contribution in [0.1, 0.15) is 5.56 Å². The molecule has 0 fully saturated rings. The van der Waals surface area contributed by atoms with Crippen LogP contribution in [-0.4, -0.2) is 15.1 Å². The molecule has 1 N–H and O–H groups in total. The standard InChI is InChI=1S/C11H7N3O2/c1-2-8-7-12-13-11(8)9-4-3-5-10(6-9)14(15)16/h1,3-7H,(H,12,13). The Morgan fingerprint density at radius 3 is 3.00 bits per heavy atom. The molecule has 2 rings (SSSR count). The molecular weight excluding hydrogens is 206 g/mol. The summed E-state index contributed by atoms with van der Waals surface area (Å²) in [5, 5.41) is 17.2. The fraction of sp³-hybridized carbons (Fsp3) is 0. The summed E-state index contributed by atoms with van der Waals surface area (Å²) in [7, 11) is 0. The molecule has 0 amide bonds. The van der Waals surface area contributed by atoms with Gasteiger partial charge in [0.05, 0.1) is 10.5 Å². The van der Waals surface area contributed by atoms with Gasteiger partial charge in [0, 0.05) is 23.9 Å². The van der Waals surface area contributed by atoms with Crippen molar-refractivity contribution in [3.63, 3.8) is 0 Å². The highest BCUT2D eigenvalue weighted by Gasteiger charge is 2.11. The number of benzene rings is 1. The van der Waals surface area contributed by atoms with Crippen LogP contribution in [-0.2, 0) is 0 Å². The Labute approximate surface area is 91.3 Å². The molecule has 78 valence electrons. The maximum absolute atomic E-state index is 10.6. The first-order chi connectivity index (χ1) is 7.72. The number of nitrogens with one attached hydrogen (secondary N) is 1. The Morgan fingerprint density at radius 1 is 1.50 bits per heavy atom. The van der Waals surface area contributed by atoms with Crippen LogP contribution < -0.4 is 0 Å². The SMILES string of the molecule is C#Cc1c[nH]nc1-c1cccc([N+](=O)[O-])c1. The molecule has 0 spiro atoms. The van der Waals surface area contributed by atoms with Crippen molar-refractivity contribution in [3.8, 4) is 23.6 Å². The summed E-state index contributed by atoms with van der Waals surface area (Å²) in [6, 6.07) is 6.19. The topological polar surface area (TPSA) is 71.8 Å². The molecular formula is C11H7N3O2. The molecule has 0 saturated heterocycles. The Morgan fingerprint density at radius 2 is 2.31 bits per heavy atom. The molecule has 2 aromatic rings. The second-order valence-electron chi connectivity index (χ2n) is 3.10. The van der Waals surface area contributed by atoms with Crippen molar-refractivity contribution in [1.29, 1.82) is 0 Å². The lowest BCUT2D eigenvalue weighted by Crippen LogP contribution is -1.89. The zero-order valence-electron chi connectivity index (χ0n) is 8.18.